The molecule has 1 amide bonds. The lowest BCUT2D eigenvalue weighted by Crippen LogP contribution is -2.12. The van der Waals surface area contributed by atoms with Gasteiger partial charge < -0.3 is 10.3 Å². The molecule has 0 unspecified atom stereocenters. The monoisotopic (exact) mass is 345 g/mol. The summed E-state index contributed by atoms with van der Waals surface area (Å²) in [4.78, 5) is 19.7. The molecule has 0 bridgehead atoms. The van der Waals surface area contributed by atoms with Gasteiger partial charge in [0.15, 0.2) is 5.16 Å². The summed E-state index contributed by atoms with van der Waals surface area (Å²) in [6.45, 7) is 1.93. The van der Waals surface area contributed by atoms with Crippen LogP contribution in [0.5, 0.6) is 0 Å². The van der Waals surface area contributed by atoms with Crippen LogP contribution < -0.4 is 5.32 Å². The number of para-hydroxylation sites is 2. The highest BCUT2D eigenvalue weighted by Crippen LogP contribution is 2.21. The van der Waals surface area contributed by atoms with Crippen molar-refractivity contribution < 1.29 is 4.79 Å². The summed E-state index contributed by atoms with van der Waals surface area (Å²) in [5, 5.41) is 4.34. The number of benzene rings is 2. The van der Waals surface area contributed by atoms with Gasteiger partial charge in [-0.1, -0.05) is 41.6 Å². The molecule has 0 saturated carbocycles. The van der Waals surface area contributed by atoms with Crippen LogP contribution >= 0.6 is 23.4 Å². The van der Waals surface area contributed by atoms with Crippen LogP contribution in [0.4, 0.5) is 5.69 Å². The summed E-state index contributed by atoms with van der Waals surface area (Å²) >= 11 is 7.59. The number of fused-ring (bicyclic) bond motifs is 1. The summed E-state index contributed by atoms with van der Waals surface area (Å²) in [5.41, 5.74) is 3.66. The van der Waals surface area contributed by atoms with Crippen molar-refractivity contribution in [2.75, 3.05) is 11.1 Å². The molecule has 1 aromatic heterocycles. The van der Waals surface area contributed by atoms with Gasteiger partial charge in [0.2, 0.25) is 5.91 Å². The van der Waals surface area contributed by atoms with Gasteiger partial charge in [0.05, 0.1) is 11.0 Å². The van der Waals surface area contributed by atoms with Crippen LogP contribution in [0.15, 0.2) is 47.6 Å². The molecular weight excluding hydrogens is 330 g/mol. The van der Waals surface area contributed by atoms with E-state index in [0.29, 0.717) is 17.2 Å². The maximum Gasteiger partial charge on any atom is 0.225 e. The van der Waals surface area contributed by atoms with Gasteiger partial charge in [0.25, 0.3) is 0 Å². The first-order chi connectivity index (χ1) is 11.1. The van der Waals surface area contributed by atoms with Crippen molar-refractivity contribution in [2.45, 2.75) is 18.5 Å². The number of hydrogen-bond acceptors (Lipinski definition) is 3. The van der Waals surface area contributed by atoms with E-state index >= 15 is 0 Å². The Labute approximate surface area is 143 Å². The van der Waals surface area contributed by atoms with E-state index in [9.17, 15) is 4.79 Å². The number of halogens is 1. The molecule has 0 radical (unpaired) electrons. The molecule has 0 atom stereocenters. The van der Waals surface area contributed by atoms with Gasteiger partial charge in [-0.2, -0.15) is 0 Å². The highest BCUT2D eigenvalue weighted by molar-refractivity contribution is 7.99. The normalized spacial score (nSPS) is 10.9. The first-order valence-electron chi connectivity index (χ1n) is 7.25. The summed E-state index contributed by atoms with van der Waals surface area (Å²) < 4.78 is 0. The second kappa shape index (κ2) is 7.06. The zero-order valence-electron chi connectivity index (χ0n) is 12.6. The third kappa shape index (κ3) is 4.06. The fourth-order valence-corrected chi connectivity index (χ4v) is 3.14. The number of anilines is 1. The molecule has 3 rings (SSSR count). The van der Waals surface area contributed by atoms with E-state index in [1.54, 1.807) is 6.07 Å². The van der Waals surface area contributed by atoms with Crippen molar-refractivity contribution in [3.05, 3.63) is 53.1 Å². The Morgan fingerprint density at radius 2 is 2.13 bits per heavy atom. The van der Waals surface area contributed by atoms with Gasteiger partial charge in [0, 0.05) is 22.9 Å². The number of aryl methyl sites for hydroxylation is 1. The predicted octanol–water partition coefficient (Wildman–Crippen LogP) is 4.65. The fourth-order valence-electron chi connectivity index (χ4n) is 2.13. The molecule has 1 heterocycles. The largest absolute Gasteiger partial charge is 0.333 e. The molecule has 6 heteroatoms. The average molecular weight is 346 g/mol. The van der Waals surface area contributed by atoms with E-state index in [4.69, 9.17) is 11.6 Å². The number of thioether (sulfide) groups is 1. The Balaban J connectivity index is 1.51. The second-order valence-corrected chi connectivity index (χ2v) is 6.66. The van der Waals surface area contributed by atoms with E-state index in [0.717, 1.165) is 27.4 Å². The maximum atomic E-state index is 12.0. The zero-order valence-corrected chi connectivity index (χ0v) is 14.2. The highest BCUT2D eigenvalue weighted by atomic mass is 35.5. The Bertz CT molecular complexity index is 814. The summed E-state index contributed by atoms with van der Waals surface area (Å²) in [6.07, 6.45) is 0.410. The fraction of sp³-hybridized carbons (Fsp3) is 0.176. The van der Waals surface area contributed by atoms with E-state index in [1.165, 1.54) is 11.8 Å². The van der Waals surface area contributed by atoms with Gasteiger partial charge in [0.1, 0.15) is 0 Å². The van der Waals surface area contributed by atoms with Gasteiger partial charge in [-0.05, 0) is 36.8 Å². The summed E-state index contributed by atoms with van der Waals surface area (Å²) in [7, 11) is 0. The Morgan fingerprint density at radius 1 is 1.30 bits per heavy atom. The number of amides is 1. The average Bonchev–Trinajstić information content (AvgIpc) is 2.93. The number of rotatable bonds is 5. The number of aromatic amines is 1. The predicted molar refractivity (Wildman–Crippen MR) is 96.3 cm³/mol. The number of H-pyrrole nitrogens is 1. The van der Waals surface area contributed by atoms with Gasteiger partial charge >= 0.3 is 0 Å². The molecule has 0 saturated heterocycles. The number of imidazole rings is 1. The van der Waals surface area contributed by atoms with Gasteiger partial charge in [-0.25, -0.2) is 4.98 Å². The minimum Gasteiger partial charge on any atom is -0.333 e. The molecule has 3 aromatic rings. The second-order valence-electron chi connectivity index (χ2n) is 5.17. The number of carbonyl (C=O) groups excluding carboxylic acids is 1. The maximum absolute atomic E-state index is 12.0. The highest BCUT2D eigenvalue weighted by Gasteiger charge is 2.07. The van der Waals surface area contributed by atoms with Crippen LogP contribution in [0.1, 0.15) is 12.0 Å². The van der Waals surface area contributed by atoms with Crippen LogP contribution in [-0.4, -0.2) is 21.6 Å². The lowest BCUT2D eigenvalue weighted by molar-refractivity contribution is -0.115. The lowest BCUT2D eigenvalue weighted by Gasteiger charge is -2.06. The quantitative estimate of drug-likeness (QED) is 0.662. The molecule has 2 N–H and O–H groups in total. The molecule has 23 heavy (non-hydrogen) atoms. The first kappa shape index (κ1) is 15.9. The molecule has 0 aliphatic rings. The molecule has 0 aliphatic carbocycles. The van der Waals surface area contributed by atoms with Crippen molar-refractivity contribution in [1.82, 2.24) is 9.97 Å². The van der Waals surface area contributed by atoms with Crippen LogP contribution in [0.3, 0.4) is 0 Å². The van der Waals surface area contributed by atoms with Crippen LogP contribution in [0.2, 0.25) is 5.02 Å². The van der Waals surface area contributed by atoms with E-state index < -0.39 is 0 Å². The number of hydrogen-bond donors (Lipinski definition) is 2. The third-order valence-electron chi connectivity index (χ3n) is 3.39. The van der Waals surface area contributed by atoms with Crippen molar-refractivity contribution in [2.24, 2.45) is 0 Å². The summed E-state index contributed by atoms with van der Waals surface area (Å²) in [6, 6.07) is 13.4. The van der Waals surface area contributed by atoms with Gasteiger partial charge in [-0.3, -0.25) is 4.79 Å². The topological polar surface area (TPSA) is 57.8 Å². The minimum atomic E-state index is -0.0338. The van der Waals surface area contributed by atoms with Crippen LogP contribution in [0, 0.1) is 6.92 Å². The Kier molecular flexibility index (Phi) is 4.88. The van der Waals surface area contributed by atoms with Gasteiger partial charge in [-0.15, -0.1) is 0 Å². The van der Waals surface area contributed by atoms with Crippen molar-refractivity contribution >= 4 is 46.0 Å². The van der Waals surface area contributed by atoms with Crippen LogP contribution in [-0.2, 0) is 4.79 Å². The number of carbonyl (C=O) groups is 1. The van der Waals surface area contributed by atoms with E-state index in [2.05, 4.69) is 15.3 Å². The lowest BCUT2D eigenvalue weighted by atomic mass is 10.2. The number of nitrogens with zero attached hydrogens (tertiary/aromatic N) is 1. The van der Waals surface area contributed by atoms with E-state index in [1.807, 2.05) is 43.3 Å². The summed E-state index contributed by atoms with van der Waals surface area (Å²) in [5.74, 6) is 0.624. The molecule has 4 nitrogen and oxygen atoms in total. The van der Waals surface area contributed by atoms with E-state index in [-0.39, 0.29) is 5.91 Å². The Morgan fingerprint density at radius 3 is 2.91 bits per heavy atom. The molecule has 2 aromatic carbocycles. The van der Waals surface area contributed by atoms with Crippen molar-refractivity contribution in [3.8, 4) is 0 Å². The zero-order chi connectivity index (χ0) is 16.2. The smallest absolute Gasteiger partial charge is 0.225 e. The minimum absolute atomic E-state index is 0.0338. The molecule has 0 aliphatic heterocycles. The molecule has 0 fully saturated rings. The third-order valence-corrected chi connectivity index (χ3v) is 4.67. The molecule has 118 valence electrons. The Hall–Kier alpha value is -1.98. The van der Waals surface area contributed by atoms with Crippen molar-refractivity contribution in [3.63, 3.8) is 0 Å². The number of aromatic nitrogens is 2. The van der Waals surface area contributed by atoms with Crippen LogP contribution in [0.25, 0.3) is 11.0 Å². The molecule has 0 spiro atoms. The molecular formula is C17H16ClN3OS. The first-order valence-corrected chi connectivity index (χ1v) is 8.62. The SMILES string of the molecule is Cc1ccc(NC(=O)CCSc2nc3ccccc3[nH]2)cc1Cl. The number of nitrogens with one attached hydrogen (secondary N) is 2. The van der Waals surface area contributed by atoms with Crippen molar-refractivity contribution in [1.29, 1.82) is 0 Å². The standard InChI is InChI=1S/C17H16ClN3OS/c1-11-6-7-12(10-13(11)18)19-16(22)8-9-23-17-20-14-4-2-3-5-15(14)21-17/h2-7,10H,8-9H2,1H3,(H,19,22)(H,20,21).